The van der Waals surface area contributed by atoms with E-state index in [1.165, 1.54) is 33.4 Å². The average Bonchev–Trinajstić information content (AvgIpc) is 2.46. The highest BCUT2D eigenvalue weighted by molar-refractivity contribution is 6.31. The monoisotopic (exact) mass is 320 g/mol. The fraction of sp³-hybridized carbons (Fsp3) is 0.368. The first-order chi connectivity index (χ1) is 9.77. The van der Waals surface area contributed by atoms with Crippen molar-refractivity contribution in [3.05, 3.63) is 67.7 Å². The smallest absolute Gasteiger partial charge is 0.0843 e. The van der Waals surface area contributed by atoms with Crippen LogP contribution in [0.5, 0.6) is 0 Å². The molecule has 0 amide bonds. The summed E-state index contributed by atoms with van der Waals surface area (Å²) < 4.78 is 0. The minimum atomic E-state index is -0.165. The van der Waals surface area contributed by atoms with Crippen LogP contribution in [-0.2, 0) is 0 Å². The van der Waals surface area contributed by atoms with Crippen LogP contribution in [0.2, 0.25) is 5.02 Å². The van der Waals surface area contributed by atoms with Gasteiger partial charge in [-0.3, -0.25) is 0 Å². The Morgan fingerprint density at radius 3 is 1.71 bits per heavy atom. The van der Waals surface area contributed by atoms with E-state index >= 15 is 0 Å². The highest BCUT2D eigenvalue weighted by atomic mass is 35.5. The topological polar surface area (TPSA) is 0 Å². The van der Waals surface area contributed by atoms with Crippen molar-refractivity contribution in [2.75, 3.05) is 0 Å². The van der Waals surface area contributed by atoms with E-state index < -0.39 is 0 Å². The van der Waals surface area contributed by atoms with Crippen molar-refractivity contribution < 1.29 is 0 Å². The van der Waals surface area contributed by atoms with Crippen molar-refractivity contribution >= 4 is 23.2 Å². The second-order valence-corrected chi connectivity index (χ2v) is 6.70. The van der Waals surface area contributed by atoms with Gasteiger partial charge in [-0.15, -0.1) is 11.6 Å². The van der Waals surface area contributed by atoms with Crippen LogP contribution in [0.1, 0.15) is 49.9 Å². The van der Waals surface area contributed by atoms with Crippen LogP contribution in [0.25, 0.3) is 0 Å². The Balaban J connectivity index is 2.70. The van der Waals surface area contributed by atoms with E-state index in [1.807, 2.05) is 19.1 Å². The van der Waals surface area contributed by atoms with Crippen LogP contribution in [0.3, 0.4) is 0 Å². The van der Waals surface area contributed by atoms with Crippen LogP contribution < -0.4 is 0 Å². The van der Waals surface area contributed by atoms with E-state index in [2.05, 4.69) is 40.7 Å². The molecule has 0 radical (unpaired) electrons. The molecule has 2 aromatic rings. The average molecular weight is 321 g/mol. The SMILES string of the molecule is Cc1c(Cl)cccc1C(Cl)c1c(C)c(C)c(C)c(C)c1C. The first-order valence-corrected chi connectivity index (χ1v) is 8.04. The predicted octanol–water partition coefficient (Wildman–Crippen LogP) is 6.52. The van der Waals surface area contributed by atoms with E-state index in [9.17, 15) is 0 Å². The highest BCUT2D eigenvalue weighted by Gasteiger charge is 2.21. The minimum Gasteiger partial charge on any atom is -0.113 e. The van der Waals surface area contributed by atoms with E-state index in [1.54, 1.807) is 0 Å². The summed E-state index contributed by atoms with van der Waals surface area (Å²) in [6.07, 6.45) is 0. The maximum absolute atomic E-state index is 6.86. The number of halogens is 2. The van der Waals surface area contributed by atoms with Crippen LogP contribution >= 0.6 is 23.2 Å². The molecule has 0 aliphatic carbocycles. The highest BCUT2D eigenvalue weighted by Crippen LogP contribution is 2.39. The first kappa shape index (κ1) is 16.4. The summed E-state index contributed by atoms with van der Waals surface area (Å²) in [5.74, 6) is 0. The molecule has 0 aliphatic heterocycles. The zero-order valence-corrected chi connectivity index (χ0v) is 15.1. The summed E-state index contributed by atoms with van der Waals surface area (Å²) in [7, 11) is 0. The van der Waals surface area contributed by atoms with E-state index in [0.717, 1.165) is 16.1 Å². The zero-order valence-electron chi connectivity index (χ0n) is 13.6. The van der Waals surface area contributed by atoms with Gasteiger partial charge in [-0.1, -0.05) is 23.7 Å². The molecule has 2 aromatic carbocycles. The molecule has 0 saturated heterocycles. The molecule has 1 unspecified atom stereocenters. The molecule has 112 valence electrons. The third-order valence-corrected chi connectivity index (χ3v) is 5.76. The van der Waals surface area contributed by atoms with Gasteiger partial charge in [0, 0.05) is 5.02 Å². The van der Waals surface area contributed by atoms with Gasteiger partial charge >= 0.3 is 0 Å². The predicted molar refractivity (Wildman–Crippen MR) is 94.0 cm³/mol. The van der Waals surface area contributed by atoms with Gasteiger partial charge in [-0.2, -0.15) is 0 Å². The Labute approximate surface area is 138 Å². The quantitative estimate of drug-likeness (QED) is 0.552. The molecular weight excluding hydrogens is 299 g/mol. The zero-order chi connectivity index (χ0) is 15.9. The molecule has 0 heterocycles. The number of alkyl halides is 1. The van der Waals surface area contributed by atoms with E-state index in [-0.39, 0.29) is 5.38 Å². The number of benzene rings is 2. The van der Waals surface area contributed by atoms with Gasteiger partial charge in [-0.05, 0) is 92.1 Å². The van der Waals surface area contributed by atoms with Gasteiger partial charge < -0.3 is 0 Å². The Hall–Kier alpha value is -0.980. The van der Waals surface area contributed by atoms with Crippen molar-refractivity contribution in [2.24, 2.45) is 0 Å². The van der Waals surface area contributed by atoms with Gasteiger partial charge in [0.25, 0.3) is 0 Å². The molecular formula is C19H22Cl2. The third kappa shape index (κ3) is 2.72. The fourth-order valence-corrected chi connectivity index (χ4v) is 3.71. The van der Waals surface area contributed by atoms with Crippen molar-refractivity contribution in [3.8, 4) is 0 Å². The second-order valence-electron chi connectivity index (χ2n) is 5.86. The van der Waals surface area contributed by atoms with Gasteiger partial charge in [0.15, 0.2) is 0 Å². The van der Waals surface area contributed by atoms with Crippen molar-refractivity contribution in [1.29, 1.82) is 0 Å². The summed E-state index contributed by atoms with van der Waals surface area (Å²) in [6, 6.07) is 5.95. The van der Waals surface area contributed by atoms with Gasteiger partial charge in [0.05, 0.1) is 5.38 Å². The maximum atomic E-state index is 6.86. The minimum absolute atomic E-state index is 0.165. The molecule has 0 N–H and O–H groups in total. The molecule has 2 heteroatoms. The van der Waals surface area contributed by atoms with E-state index in [4.69, 9.17) is 23.2 Å². The van der Waals surface area contributed by atoms with Crippen LogP contribution in [0, 0.1) is 41.5 Å². The van der Waals surface area contributed by atoms with Crippen molar-refractivity contribution in [2.45, 2.75) is 46.9 Å². The molecule has 0 nitrogen and oxygen atoms in total. The second kappa shape index (κ2) is 6.02. The number of hydrogen-bond acceptors (Lipinski definition) is 0. The molecule has 21 heavy (non-hydrogen) atoms. The van der Waals surface area contributed by atoms with Crippen LogP contribution in [0.4, 0.5) is 0 Å². The maximum Gasteiger partial charge on any atom is 0.0843 e. The molecule has 0 bridgehead atoms. The number of rotatable bonds is 2. The first-order valence-electron chi connectivity index (χ1n) is 7.23. The summed E-state index contributed by atoms with van der Waals surface area (Å²) in [5.41, 5.74) is 9.98. The Bertz CT molecular complexity index is 670. The van der Waals surface area contributed by atoms with Crippen LogP contribution in [0.15, 0.2) is 18.2 Å². The van der Waals surface area contributed by atoms with E-state index in [0.29, 0.717) is 0 Å². The molecule has 0 fully saturated rings. The summed E-state index contributed by atoms with van der Waals surface area (Å²) in [4.78, 5) is 0. The largest absolute Gasteiger partial charge is 0.113 e. The fourth-order valence-electron chi connectivity index (χ4n) is 2.96. The molecule has 0 spiro atoms. The van der Waals surface area contributed by atoms with Gasteiger partial charge in [0.2, 0.25) is 0 Å². The Morgan fingerprint density at radius 2 is 1.19 bits per heavy atom. The molecule has 0 aliphatic rings. The van der Waals surface area contributed by atoms with Crippen molar-refractivity contribution in [1.82, 2.24) is 0 Å². The molecule has 1 atom stereocenters. The normalized spacial score (nSPS) is 12.6. The summed E-state index contributed by atoms with van der Waals surface area (Å²) in [6.45, 7) is 12.9. The van der Waals surface area contributed by atoms with Gasteiger partial charge in [-0.25, -0.2) is 0 Å². The lowest BCUT2D eigenvalue weighted by atomic mass is 9.86. The van der Waals surface area contributed by atoms with Crippen LogP contribution in [-0.4, -0.2) is 0 Å². The standard InChI is InChI=1S/C19H22Cl2/c1-10-11(2)13(4)18(14(5)12(10)3)19(21)16-8-7-9-17(20)15(16)6/h7-9,19H,1-6H3. The Morgan fingerprint density at radius 1 is 0.714 bits per heavy atom. The molecule has 2 rings (SSSR count). The summed E-state index contributed by atoms with van der Waals surface area (Å²) >= 11 is 13.1. The molecule has 0 saturated carbocycles. The van der Waals surface area contributed by atoms with Crippen molar-refractivity contribution in [3.63, 3.8) is 0 Å². The van der Waals surface area contributed by atoms with Gasteiger partial charge in [0.1, 0.15) is 0 Å². The lowest BCUT2D eigenvalue weighted by Gasteiger charge is -2.23. The third-order valence-electron chi connectivity index (χ3n) is 4.89. The lowest BCUT2D eigenvalue weighted by molar-refractivity contribution is 1.03. The lowest BCUT2D eigenvalue weighted by Crippen LogP contribution is -2.07. The molecule has 0 aromatic heterocycles. The number of hydrogen-bond donors (Lipinski definition) is 0. The Kier molecular flexibility index (Phi) is 4.70. The summed E-state index contributed by atoms with van der Waals surface area (Å²) in [5, 5.41) is 0.607.